The van der Waals surface area contributed by atoms with Crippen molar-refractivity contribution in [1.82, 2.24) is 0 Å². The lowest BCUT2D eigenvalue weighted by atomic mass is 10.2. The normalized spacial score (nSPS) is 17.1. The van der Waals surface area contributed by atoms with Crippen LogP contribution in [0.25, 0.3) is 0 Å². The Morgan fingerprint density at radius 1 is 0.609 bits per heavy atom. The number of hydrogen-bond donors (Lipinski definition) is 2. The molecule has 23 heavy (non-hydrogen) atoms. The zero-order valence-electron chi connectivity index (χ0n) is 17.0. The molecule has 0 aromatic rings. The second-order valence-electron chi connectivity index (χ2n) is 9.81. The zero-order valence-corrected chi connectivity index (χ0v) is 18.8. The first-order valence-corrected chi connectivity index (χ1v) is 11.1. The third-order valence-electron chi connectivity index (χ3n) is 3.06. The predicted octanol–water partition coefficient (Wildman–Crippen LogP) is 5.64. The molecule has 0 bridgehead atoms. The maximum atomic E-state index is 11.8. The highest BCUT2D eigenvalue weighted by Gasteiger charge is 2.44. The van der Waals surface area contributed by atoms with Gasteiger partial charge in [-0.15, -0.1) is 0 Å². The molecule has 1 atom stereocenters. The van der Waals surface area contributed by atoms with Crippen LogP contribution in [0.2, 0.25) is 0 Å². The van der Waals surface area contributed by atoms with Crippen molar-refractivity contribution in [1.29, 1.82) is 0 Å². The molecule has 0 spiro atoms. The summed E-state index contributed by atoms with van der Waals surface area (Å²) in [4.78, 5) is 19.3. The fourth-order valence-corrected chi connectivity index (χ4v) is 4.54. The largest absolute Gasteiger partial charge is 0.344 e. The van der Waals surface area contributed by atoms with Crippen LogP contribution >= 0.6 is 15.0 Å². The second kappa shape index (κ2) is 7.30. The molecule has 0 amide bonds. The van der Waals surface area contributed by atoms with Crippen LogP contribution in [0.5, 0.6) is 0 Å². The Kier molecular flexibility index (Phi) is 8.11. The minimum absolute atomic E-state index is 0.509. The van der Waals surface area contributed by atoms with Crippen molar-refractivity contribution in [2.75, 3.05) is 0 Å². The molecule has 0 aliphatic carbocycles. The fourth-order valence-electron chi connectivity index (χ4n) is 1.51. The van der Waals surface area contributed by atoms with Gasteiger partial charge in [0.05, 0.1) is 10.8 Å². The quantitative estimate of drug-likeness (QED) is 0.582. The number of rotatable bonds is 1. The van der Waals surface area contributed by atoms with Gasteiger partial charge in [-0.2, -0.15) is 0 Å². The average Bonchev–Trinajstić information content (AvgIpc) is 2.08. The molecule has 2 N–H and O–H groups in total. The summed E-state index contributed by atoms with van der Waals surface area (Å²) in [7, 11) is -6.56. The highest BCUT2D eigenvalue weighted by molar-refractivity contribution is 7.61. The Balaban J connectivity index is 0. The van der Waals surface area contributed by atoms with Gasteiger partial charge in [-0.1, -0.05) is 41.5 Å². The minimum Gasteiger partial charge on any atom is -0.344 e. The third kappa shape index (κ3) is 8.31. The monoisotopic (exact) mass is 372 g/mol. The van der Waals surface area contributed by atoms with E-state index in [0.29, 0.717) is 0 Å². The molecular weight excluding hydrogens is 334 g/mol. The average molecular weight is 372 g/mol. The molecule has 0 aliphatic heterocycles. The van der Waals surface area contributed by atoms with E-state index in [4.69, 9.17) is 4.52 Å². The third-order valence-corrected chi connectivity index (χ3v) is 9.19. The first kappa shape index (κ1) is 25.6. The maximum Gasteiger partial charge on any atom is 0.333 e. The van der Waals surface area contributed by atoms with Crippen molar-refractivity contribution in [2.45, 2.75) is 104 Å². The van der Waals surface area contributed by atoms with Crippen LogP contribution in [0.4, 0.5) is 0 Å². The smallest absolute Gasteiger partial charge is 0.333 e. The van der Waals surface area contributed by atoms with E-state index >= 15 is 0 Å². The van der Waals surface area contributed by atoms with E-state index in [2.05, 4.69) is 0 Å². The summed E-state index contributed by atoms with van der Waals surface area (Å²) in [6.45, 7) is 21.2. The molecule has 0 aromatic heterocycles. The van der Waals surface area contributed by atoms with Gasteiger partial charge in [-0.05, 0) is 41.5 Å². The Bertz CT molecular complexity index is 453. The van der Waals surface area contributed by atoms with Crippen molar-refractivity contribution in [3.05, 3.63) is 0 Å². The summed E-state index contributed by atoms with van der Waals surface area (Å²) in [5.41, 5.74) is -0.572. The molecule has 0 saturated heterocycles. The fraction of sp³-hybridized carbons (Fsp3) is 1.00. The SMILES string of the molecule is CC(C)(C)OP(=O)(O)C(C)(C)C.CC(C)(C)P(=O)(O)C(C)(C)C. The summed E-state index contributed by atoms with van der Waals surface area (Å²) in [6.07, 6.45) is 0. The van der Waals surface area contributed by atoms with Gasteiger partial charge in [-0.25, -0.2) is 0 Å². The molecule has 0 aromatic carbocycles. The van der Waals surface area contributed by atoms with Gasteiger partial charge in [0.1, 0.15) is 0 Å². The van der Waals surface area contributed by atoms with E-state index in [9.17, 15) is 18.9 Å². The molecule has 0 fully saturated rings. The molecule has 0 radical (unpaired) electrons. The summed E-state index contributed by atoms with van der Waals surface area (Å²) in [6, 6.07) is 0. The summed E-state index contributed by atoms with van der Waals surface area (Å²) >= 11 is 0. The van der Waals surface area contributed by atoms with Gasteiger partial charge in [0.15, 0.2) is 0 Å². The van der Waals surface area contributed by atoms with Gasteiger partial charge in [0.2, 0.25) is 7.37 Å². The van der Waals surface area contributed by atoms with Crippen LogP contribution in [0, 0.1) is 0 Å². The van der Waals surface area contributed by atoms with Crippen molar-refractivity contribution < 1.29 is 23.4 Å². The molecule has 0 saturated carbocycles. The molecule has 0 heterocycles. The highest BCUT2D eigenvalue weighted by Crippen LogP contribution is 2.63. The van der Waals surface area contributed by atoms with E-state index < -0.39 is 36.0 Å². The van der Waals surface area contributed by atoms with E-state index in [-0.39, 0.29) is 0 Å². The molecule has 1 unspecified atom stereocenters. The molecular formula is C16H38O5P2. The first-order chi connectivity index (χ1) is 9.46. The lowest BCUT2D eigenvalue weighted by Crippen LogP contribution is -2.28. The minimum atomic E-state index is -3.50. The van der Waals surface area contributed by atoms with Gasteiger partial charge >= 0.3 is 7.60 Å². The van der Waals surface area contributed by atoms with Crippen molar-refractivity contribution in [3.63, 3.8) is 0 Å². The van der Waals surface area contributed by atoms with Crippen LogP contribution in [0.1, 0.15) is 83.1 Å². The first-order valence-electron chi connectivity index (χ1n) is 7.82. The van der Waals surface area contributed by atoms with Gasteiger partial charge in [-0.3, -0.25) is 9.13 Å². The lowest BCUT2D eigenvalue weighted by Gasteiger charge is -2.35. The summed E-state index contributed by atoms with van der Waals surface area (Å²) in [5, 5.41) is -1.73. The van der Waals surface area contributed by atoms with Crippen molar-refractivity contribution in [2.24, 2.45) is 0 Å². The van der Waals surface area contributed by atoms with Crippen LogP contribution in [0.3, 0.4) is 0 Å². The zero-order chi connectivity index (χ0) is 19.7. The Labute approximate surface area is 143 Å². The molecule has 0 rings (SSSR count). The maximum absolute atomic E-state index is 11.8. The van der Waals surface area contributed by atoms with Crippen LogP contribution in [0.15, 0.2) is 0 Å². The summed E-state index contributed by atoms with van der Waals surface area (Å²) in [5.74, 6) is 0. The molecule has 0 aliphatic rings. The van der Waals surface area contributed by atoms with Crippen LogP contribution in [-0.2, 0) is 13.7 Å². The Morgan fingerprint density at radius 2 is 0.870 bits per heavy atom. The lowest BCUT2D eigenvalue weighted by molar-refractivity contribution is 0.103. The number of hydrogen-bond acceptors (Lipinski definition) is 3. The highest BCUT2D eigenvalue weighted by atomic mass is 31.2. The van der Waals surface area contributed by atoms with Crippen LogP contribution < -0.4 is 0 Å². The predicted molar refractivity (Wildman–Crippen MR) is 99.7 cm³/mol. The van der Waals surface area contributed by atoms with Crippen molar-refractivity contribution >= 4 is 15.0 Å². The van der Waals surface area contributed by atoms with E-state index in [0.717, 1.165) is 0 Å². The summed E-state index contributed by atoms with van der Waals surface area (Å²) < 4.78 is 28.5. The van der Waals surface area contributed by atoms with Gasteiger partial charge < -0.3 is 14.3 Å². The standard InChI is InChI=1S/C8H19O3P.C8H19O2P/c1-7(2,3)11-12(9,10)8(4,5)6;1-7(2,3)11(9,10)8(4,5)6/h1-6H3,(H,9,10);1-6H3,(H,9,10). The van der Waals surface area contributed by atoms with Crippen molar-refractivity contribution in [3.8, 4) is 0 Å². The second-order valence-corrected chi connectivity index (χ2v) is 16.2. The molecule has 5 nitrogen and oxygen atoms in total. The van der Waals surface area contributed by atoms with Gasteiger partial charge in [0.25, 0.3) is 0 Å². The molecule has 142 valence electrons. The molecule has 7 heteroatoms. The van der Waals surface area contributed by atoms with E-state index in [1.54, 1.807) is 83.1 Å². The topological polar surface area (TPSA) is 83.8 Å². The van der Waals surface area contributed by atoms with Gasteiger partial charge in [0, 0.05) is 10.3 Å². The Hall–Kier alpha value is 0.340. The van der Waals surface area contributed by atoms with E-state index in [1.165, 1.54) is 0 Å². The Morgan fingerprint density at radius 3 is 0.913 bits per heavy atom. The van der Waals surface area contributed by atoms with Crippen LogP contribution in [-0.4, -0.2) is 30.9 Å². The van der Waals surface area contributed by atoms with E-state index in [1.807, 2.05) is 0 Å².